The van der Waals surface area contributed by atoms with Gasteiger partial charge in [-0.1, -0.05) is 30.2 Å². The van der Waals surface area contributed by atoms with E-state index < -0.39 is 0 Å². The summed E-state index contributed by atoms with van der Waals surface area (Å²) >= 11 is 5.95. The third-order valence-electron chi connectivity index (χ3n) is 5.08. The maximum Gasteiger partial charge on any atom is 0.224 e. The van der Waals surface area contributed by atoms with E-state index in [9.17, 15) is 4.79 Å². The molecular weight excluding hydrogens is 270 g/mol. The maximum absolute atomic E-state index is 12.1. The molecule has 3 heteroatoms. The summed E-state index contributed by atoms with van der Waals surface area (Å²) in [6.07, 6.45) is 5.89. The number of carbonyl (C=O) groups excluding carboxylic acids is 1. The number of fused-ring (bicyclic) bond motifs is 2. The summed E-state index contributed by atoms with van der Waals surface area (Å²) in [5, 5.41) is 3.88. The van der Waals surface area contributed by atoms with E-state index in [0.29, 0.717) is 23.4 Å². The average molecular weight is 292 g/mol. The zero-order valence-corrected chi connectivity index (χ0v) is 12.7. The highest BCUT2D eigenvalue weighted by atomic mass is 35.5. The van der Waals surface area contributed by atoms with Crippen LogP contribution in [0.15, 0.2) is 24.3 Å². The molecule has 2 aliphatic carbocycles. The molecule has 0 spiro atoms. The van der Waals surface area contributed by atoms with Gasteiger partial charge in [0.2, 0.25) is 5.91 Å². The lowest BCUT2D eigenvalue weighted by Crippen LogP contribution is -2.40. The van der Waals surface area contributed by atoms with E-state index in [1.165, 1.54) is 25.7 Å². The molecule has 4 unspecified atom stereocenters. The van der Waals surface area contributed by atoms with E-state index in [-0.39, 0.29) is 5.91 Å². The first kappa shape index (κ1) is 13.9. The fourth-order valence-electron chi connectivity index (χ4n) is 4.15. The molecule has 2 bridgehead atoms. The Morgan fingerprint density at radius 1 is 1.40 bits per heavy atom. The summed E-state index contributed by atoms with van der Waals surface area (Å²) in [6, 6.07) is 7.85. The van der Waals surface area contributed by atoms with Crippen LogP contribution in [0.1, 0.15) is 38.2 Å². The Morgan fingerprint density at radius 2 is 2.25 bits per heavy atom. The molecule has 4 atom stereocenters. The van der Waals surface area contributed by atoms with Crippen molar-refractivity contribution in [1.29, 1.82) is 0 Å². The van der Waals surface area contributed by atoms with Gasteiger partial charge in [0.05, 0.1) is 6.42 Å². The topological polar surface area (TPSA) is 29.1 Å². The Labute approximate surface area is 125 Å². The average Bonchev–Trinajstić information content (AvgIpc) is 3.00. The van der Waals surface area contributed by atoms with Crippen LogP contribution < -0.4 is 5.32 Å². The summed E-state index contributed by atoms with van der Waals surface area (Å²) in [4.78, 5) is 12.1. The summed E-state index contributed by atoms with van der Waals surface area (Å²) in [5.74, 6) is 2.58. The summed E-state index contributed by atoms with van der Waals surface area (Å²) in [7, 11) is 0. The van der Waals surface area contributed by atoms with Crippen molar-refractivity contribution < 1.29 is 4.79 Å². The van der Waals surface area contributed by atoms with Gasteiger partial charge in [-0.05, 0) is 61.6 Å². The van der Waals surface area contributed by atoms with Crippen molar-refractivity contribution in [1.82, 2.24) is 5.32 Å². The Bertz CT molecular complexity index is 502. The molecule has 20 heavy (non-hydrogen) atoms. The number of halogens is 1. The SMILES string of the molecule is CC(NC(=O)Cc1cccc(Cl)c1)C1CC2CCC1C2. The van der Waals surface area contributed by atoms with Crippen molar-refractivity contribution in [3.8, 4) is 0 Å². The highest BCUT2D eigenvalue weighted by molar-refractivity contribution is 6.30. The molecule has 1 aromatic rings. The van der Waals surface area contributed by atoms with Crippen LogP contribution in [0.25, 0.3) is 0 Å². The van der Waals surface area contributed by atoms with Gasteiger partial charge >= 0.3 is 0 Å². The van der Waals surface area contributed by atoms with Gasteiger partial charge in [0.25, 0.3) is 0 Å². The first-order valence-electron chi connectivity index (χ1n) is 7.65. The van der Waals surface area contributed by atoms with Crippen molar-refractivity contribution in [2.24, 2.45) is 17.8 Å². The van der Waals surface area contributed by atoms with Gasteiger partial charge in [0.1, 0.15) is 0 Å². The van der Waals surface area contributed by atoms with Gasteiger partial charge in [-0.2, -0.15) is 0 Å². The molecule has 0 saturated heterocycles. The van der Waals surface area contributed by atoms with Gasteiger partial charge < -0.3 is 5.32 Å². The molecule has 1 aromatic carbocycles. The molecule has 1 N–H and O–H groups in total. The van der Waals surface area contributed by atoms with Gasteiger partial charge in [-0.3, -0.25) is 4.79 Å². The number of rotatable bonds is 4. The molecule has 0 heterocycles. The molecule has 108 valence electrons. The van der Waals surface area contributed by atoms with E-state index in [4.69, 9.17) is 11.6 Å². The minimum Gasteiger partial charge on any atom is -0.353 e. The maximum atomic E-state index is 12.1. The second kappa shape index (κ2) is 5.77. The third kappa shape index (κ3) is 3.01. The fourth-order valence-corrected chi connectivity index (χ4v) is 4.36. The van der Waals surface area contributed by atoms with Crippen LogP contribution in [0, 0.1) is 17.8 Å². The minimum atomic E-state index is 0.113. The summed E-state index contributed by atoms with van der Waals surface area (Å²) < 4.78 is 0. The molecule has 2 nitrogen and oxygen atoms in total. The Balaban J connectivity index is 1.53. The predicted molar refractivity (Wildman–Crippen MR) is 81.7 cm³/mol. The van der Waals surface area contributed by atoms with E-state index in [1.807, 2.05) is 24.3 Å². The quantitative estimate of drug-likeness (QED) is 0.898. The highest BCUT2D eigenvalue weighted by Gasteiger charge is 2.42. The van der Waals surface area contributed by atoms with E-state index >= 15 is 0 Å². The lowest BCUT2D eigenvalue weighted by atomic mass is 9.84. The van der Waals surface area contributed by atoms with Crippen LogP contribution in [0.5, 0.6) is 0 Å². The molecule has 0 aliphatic heterocycles. The second-order valence-electron chi connectivity index (χ2n) is 6.50. The van der Waals surface area contributed by atoms with Gasteiger partial charge in [-0.15, -0.1) is 0 Å². The van der Waals surface area contributed by atoms with Crippen molar-refractivity contribution in [2.75, 3.05) is 0 Å². The Morgan fingerprint density at radius 3 is 2.90 bits per heavy atom. The van der Waals surface area contributed by atoms with Gasteiger partial charge in [0, 0.05) is 11.1 Å². The van der Waals surface area contributed by atoms with Crippen LogP contribution in [0.4, 0.5) is 0 Å². The van der Waals surface area contributed by atoms with Crippen LogP contribution in [-0.2, 0) is 11.2 Å². The van der Waals surface area contributed by atoms with Crippen LogP contribution >= 0.6 is 11.6 Å². The van der Waals surface area contributed by atoms with E-state index in [0.717, 1.165) is 17.4 Å². The predicted octanol–water partition coefficient (Wildman–Crippen LogP) is 3.82. The lowest BCUT2D eigenvalue weighted by Gasteiger charge is -2.28. The standard InChI is InChI=1S/C17H22ClNO/c1-11(16-9-13-5-6-14(16)7-13)19-17(20)10-12-3-2-4-15(18)8-12/h2-4,8,11,13-14,16H,5-7,9-10H2,1H3,(H,19,20). The number of nitrogens with one attached hydrogen (secondary N) is 1. The van der Waals surface area contributed by atoms with E-state index in [2.05, 4.69) is 12.2 Å². The van der Waals surface area contributed by atoms with E-state index in [1.54, 1.807) is 0 Å². The first-order chi connectivity index (χ1) is 9.61. The molecule has 3 rings (SSSR count). The van der Waals surface area contributed by atoms with Crippen molar-refractivity contribution in [3.63, 3.8) is 0 Å². The zero-order chi connectivity index (χ0) is 14.1. The fraction of sp³-hybridized carbons (Fsp3) is 0.588. The van der Waals surface area contributed by atoms with Gasteiger partial charge in [0.15, 0.2) is 0 Å². The third-order valence-corrected chi connectivity index (χ3v) is 5.31. The smallest absolute Gasteiger partial charge is 0.224 e. The molecule has 1 amide bonds. The summed E-state index contributed by atoms with van der Waals surface area (Å²) in [5.41, 5.74) is 0.982. The second-order valence-corrected chi connectivity index (χ2v) is 6.94. The number of hydrogen-bond acceptors (Lipinski definition) is 1. The molecule has 2 fully saturated rings. The van der Waals surface area contributed by atoms with Crippen molar-refractivity contribution in [2.45, 2.75) is 45.1 Å². The zero-order valence-electron chi connectivity index (χ0n) is 11.9. The molecule has 0 aromatic heterocycles. The largest absolute Gasteiger partial charge is 0.353 e. The van der Waals surface area contributed by atoms with Gasteiger partial charge in [-0.25, -0.2) is 0 Å². The van der Waals surface area contributed by atoms with Crippen LogP contribution in [0.3, 0.4) is 0 Å². The number of hydrogen-bond donors (Lipinski definition) is 1. The van der Waals surface area contributed by atoms with Crippen LogP contribution in [-0.4, -0.2) is 11.9 Å². The molecule has 0 radical (unpaired) electrons. The number of amides is 1. The first-order valence-corrected chi connectivity index (χ1v) is 8.03. The molecule has 2 saturated carbocycles. The monoisotopic (exact) mass is 291 g/mol. The Hall–Kier alpha value is -1.02. The minimum absolute atomic E-state index is 0.113. The number of carbonyl (C=O) groups is 1. The van der Waals surface area contributed by atoms with Crippen molar-refractivity contribution >= 4 is 17.5 Å². The highest BCUT2D eigenvalue weighted by Crippen LogP contribution is 2.49. The lowest BCUT2D eigenvalue weighted by molar-refractivity contribution is -0.121. The number of benzene rings is 1. The Kier molecular flexibility index (Phi) is 4.02. The summed E-state index contributed by atoms with van der Waals surface area (Å²) in [6.45, 7) is 2.17. The molecular formula is C17H22ClNO. The normalized spacial score (nSPS) is 29.4. The van der Waals surface area contributed by atoms with Crippen LogP contribution in [0.2, 0.25) is 5.02 Å². The van der Waals surface area contributed by atoms with Crippen molar-refractivity contribution in [3.05, 3.63) is 34.9 Å². The molecule has 2 aliphatic rings.